The number of carbonyl (C=O) groups is 2. The Morgan fingerprint density at radius 3 is 2.53 bits per heavy atom. The van der Waals surface area contributed by atoms with Crippen LogP contribution in [0.15, 0.2) is 82.0 Å². The van der Waals surface area contributed by atoms with Crippen molar-refractivity contribution in [3.63, 3.8) is 0 Å². The molecule has 0 aliphatic heterocycles. The molecule has 1 aliphatic rings. The minimum absolute atomic E-state index is 0.199. The lowest BCUT2D eigenvalue weighted by molar-refractivity contribution is -0.112. The van der Waals surface area contributed by atoms with Gasteiger partial charge in [-0.3, -0.25) is 9.59 Å². The summed E-state index contributed by atoms with van der Waals surface area (Å²) in [4.78, 5) is 25.8. The second kappa shape index (κ2) is 10.5. The summed E-state index contributed by atoms with van der Waals surface area (Å²) in [5.74, 6) is -0.0558. The highest BCUT2D eigenvalue weighted by Gasteiger charge is 2.21. The highest BCUT2D eigenvalue weighted by molar-refractivity contribution is 9.10. The Balaban J connectivity index is 1.81. The first-order chi connectivity index (χ1) is 15.3. The summed E-state index contributed by atoms with van der Waals surface area (Å²) in [6.45, 7) is 5.93. The van der Waals surface area contributed by atoms with Gasteiger partial charge >= 0.3 is 0 Å². The number of aryl methyl sites for hydroxylation is 1. The van der Waals surface area contributed by atoms with Gasteiger partial charge in [0.05, 0.1) is 5.57 Å². The van der Waals surface area contributed by atoms with E-state index in [9.17, 15) is 9.59 Å². The fraction of sp³-hybridized carbons (Fsp3) is 0.231. The van der Waals surface area contributed by atoms with E-state index in [-0.39, 0.29) is 11.8 Å². The lowest BCUT2D eigenvalue weighted by Gasteiger charge is -2.18. The number of carbonyl (C=O) groups excluding carboxylic acids is 2. The Hall–Kier alpha value is -3.12. The van der Waals surface area contributed by atoms with Gasteiger partial charge in [0, 0.05) is 34.2 Å². The summed E-state index contributed by atoms with van der Waals surface area (Å²) in [6, 6.07) is 12.7. The molecule has 0 fully saturated rings. The van der Waals surface area contributed by atoms with E-state index < -0.39 is 0 Å². The molecular formula is C26H28BrN3O2. The van der Waals surface area contributed by atoms with Crippen molar-refractivity contribution >= 4 is 39.1 Å². The van der Waals surface area contributed by atoms with Crippen LogP contribution >= 0.6 is 15.9 Å². The summed E-state index contributed by atoms with van der Waals surface area (Å²) < 4.78 is 0.835. The van der Waals surface area contributed by atoms with E-state index in [0.29, 0.717) is 28.4 Å². The van der Waals surface area contributed by atoms with Crippen molar-refractivity contribution in [3.8, 4) is 0 Å². The summed E-state index contributed by atoms with van der Waals surface area (Å²) in [5.41, 5.74) is 5.26. The number of benzene rings is 2. The standard InChI is InChI=1S/C26H28BrN3O2/c1-5-21(24(28-4)22-11-6-8-16(22)2)26(32)30-23-15-20(13-12-17(23)3)29-25(31)18-9-7-10-19(27)14-18/h5-7,9-16,28H,8H2,1-4H3,(H,29,31)(H,30,32)/b21-5+,24-22+. The number of hydrogen-bond acceptors (Lipinski definition) is 3. The predicted octanol–water partition coefficient (Wildman–Crippen LogP) is 5.96. The van der Waals surface area contributed by atoms with Crippen LogP contribution in [0.1, 0.15) is 36.2 Å². The Morgan fingerprint density at radius 2 is 1.91 bits per heavy atom. The number of hydrogen-bond donors (Lipinski definition) is 3. The van der Waals surface area contributed by atoms with Gasteiger partial charge in [-0.15, -0.1) is 0 Å². The molecule has 0 saturated heterocycles. The van der Waals surface area contributed by atoms with Crippen molar-refractivity contribution in [3.05, 3.63) is 93.1 Å². The summed E-state index contributed by atoms with van der Waals surface area (Å²) in [5, 5.41) is 9.12. The average molecular weight is 494 g/mol. The quantitative estimate of drug-likeness (QED) is 0.434. The number of likely N-dealkylation sites (N-methyl/N-ethyl adjacent to an activating group) is 1. The molecule has 1 atom stereocenters. The molecule has 2 aromatic rings. The first kappa shape index (κ1) is 23.5. The van der Waals surface area contributed by atoms with E-state index in [1.165, 1.54) is 0 Å². The highest BCUT2D eigenvalue weighted by atomic mass is 79.9. The third-order valence-electron chi connectivity index (χ3n) is 5.49. The zero-order chi connectivity index (χ0) is 23.3. The maximum absolute atomic E-state index is 13.2. The second-order valence-electron chi connectivity index (χ2n) is 7.77. The number of halogens is 1. The lowest BCUT2D eigenvalue weighted by atomic mass is 9.97. The van der Waals surface area contributed by atoms with Crippen molar-refractivity contribution in [2.75, 3.05) is 17.7 Å². The molecule has 0 saturated carbocycles. The molecule has 2 aromatic carbocycles. The molecule has 0 bridgehead atoms. The molecule has 6 heteroatoms. The minimum atomic E-state index is -0.217. The first-order valence-corrected chi connectivity index (χ1v) is 11.4. The van der Waals surface area contributed by atoms with Crippen molar-refractivity contribution in [1.29, 1.82) is 0 Å². The largest absolute Gasteiger partial charge is 0.387 e. The van der Waals surface area contributed by atoms with Crippen LogP contribution in [0.25, 0.3) is 0 Å². The summed E-state index contributed by atoms with van der Waals surface area (Å²) in [7, 11) is 1.83. The third kappa shape index (κ3) is 5.37. The van der Waals surface area contributed by atoms with E-state index >= 15 is 0 Å². The van der Waals surface area contributed by atoms with Crippen LogP contribution in [0.3, 0.4) is 0 Å². The van der Waals surface area contributed by atoms with Crippen molar-refractivity contribution in [2.45, 2.75) is 27.2 Å². The molecule has 3 N–H and O–H groups in total. The molecule has 1 unspecified atom stereocenters. The lowest BCUT2D eigenvalue weighted by Crippen LogP contribution is -2.23. The van der Waals surface area contributed by atoms with Crippen molar-refractivity contribution in [2.24, 2.45) is 5.92 Å². The fourth-order valence-corrected chi connectivity index (χ4v) is 4.10. The number of anilines is 2. The van der Waals surface area contributed by atoms with Crippen LogP contribution in [-0.2, 0) is 4.79 Å². The Bertz CT molecular complexity index is 1130. The maximum atomic E-state index is 13.2. The van der Waals surface area contributed by atoms with Crippen LogP contribution in [0.2, 0.25) is 0 Å². The zero-order valence-corrected chi connectivity index (χ0v) is 20.3. The molecule has 5 nitrogen and oxygen atoms in total. The maximum Gasteiger partial charge on any atom is 0.257 e. The van der Waals surface area contributed by atoms with Crippen molar-refractivity contribution < 1.29 is 9.59 Å². The first-order valence-electron chi connectivity index (χ1n) is 10.6. The van der Waals surface area contributed by atoms with Gasteiger partial charge < -0.3 is 16.0 Å². The van der Waals surface area contributed by atoms with Gasteiger partial charge in [-0.1, -0.05) is 53.2 Å². The zero-order valence-electron chi connectivity index (χ0n) is 18.8. The molecule has 0 radical (unpaired) electrons. The van der Waals surface area contributed by atoms with Gasteiger partial charge in [-0.05, 0) is 67.7 Å². The predicted molar refractivity (Wildman–Crippen MR) is 135 cm³/mol. The van der Waals surface area contributed by atoms with E-state index in [1.54, 1.807) is 18.2 Å². The Labute approximate surface area is 197 Å². The summed E-state index contributed by atoms with van der Waals surface area (Å²) >= 11 is 3.38. The van der Waals surface area contributed by atoms with Crippen LogP contribution in [-0.4, -0.2) is 18.9 Å². The molecule has 2 amide bonds. The van der Waals surface area contributed by atoms with Gasteiger partial charge in [0.1, 0.15) is 0 Å². The molecule has 0 heterocycles. The van der Waals surface area contributed by atoms with E-state index in [0.717, 1.165) is 27.7 Å². The SMILES string of the molecule is C/C=C(C(=O)Nc1cc(NC(=O)c2cccc(Br)c2)ccc1C)\C(NC)=C1\C=CCC1C. The Kier molecular flexibility index (Phi) is 7.70. The van der Waals surface area contributed by atoms with Crippen LogP contribution in [0.5, 0.6) is 0 Å². The fourth-order valence-electron chi connectivity index (χ4n) is 3.70. The number of rotatable bonds is 6. The Morgan fingerprint density at radius 1 is 1.12 bits per heavy atom. The van der Waals surface area contributed by atoms with Gasteiger partial charge in [-0.2, -0.15) is 0 Å². The number of allylic oxidation sites excluding steroid dienone is 4. The average Bonchev–Trinajstić information content (AvgIpc) is 3.19. The molecule has 3 rings (SSSR count). The number of nitrogens with one attached hydrogen (secondary N) is 3. The number of amides is 2. The monoisotopic (exact) mass is 493 g/mol. The molecule has 166 valence electrons. The topological polar surface area (TPSA) is 70.2 Å². The molecule has 0 aromatic heterocycles. The van der Waals surface area contributed by atoms with Gasteiger partial charge in [-0.25, -0.2) is 0 Å². The third-order valence-corrected chi connectivity index (χ3v) is 5.98. The van der Waals surface area contributed by atoms with E-state index in [4.69, 9.17) is 0 Å². The molecule has 0 spiro atoms. The smallest absolute Gasteiger partial charge is 0.257 e. The second-order valence-corrected chi connectivity index (χ2v) is 8.69. The van der Waals surface area contributed by atoms with Gasteiger partial charge in [0.25, 0.3) is 11.8 Å². The molecule has 32 heavy (non-hydrogen) atoms. The van der Waals surface area contributed by atoms with Crippen molar-refractivity contribution in [1.82, 2.24) is 5.32 Å². The van der Waals surface area contributed by atoms with E-state index in [1.807, 2.05) is 51.2 Å². The summed E-state index contributed by atoms with van der Waals surface area (Å²) in [6.07, 6.45) is 7.00. The normalized spacial score (nSPS) is 17.2. The molecular weight excluding hydrogens is 466 g/mol. The van der Waals surface area contributed by atoms with Gasteiger partial charge in [0.2, 0.25) is 0 Å². The minimum Gasteiger partial charge on any atom is -0.387 e. The van der Waals surface area contributed by atoms with Gasteiger partial charge in [0.15, 0.2) is 0 Å². The molecule has 1 aliphatic carbocycles. The highest BCUT2D eigenvalue weighted by Crippen LogP contribution is 2.29. The van der Waals surface area contributed by atoms with Crippen LogP contribution in [0.4, 0.5) is 11.4 Å². The van der Waals surface area contributed by atoms with Crippen LogP contribution < -0.4 is 16.0 Å². The van der Waals surface area contributed by atoms with Crippen LogP contribution in [0, 0.1) is 12.8 Å². The van der Waals surface area contributed by atoms with E-state index in [2.05, 4.69) is 51.0 Å².